The number of hydrogen-bond donors (Lipinski definition) is 0. The van der Waals surface area contributed by atoms with Crippen molar-refractivity contribution in [3.8, 4) is 5.75 Å². The van der Waals surface area contributed by atoms with Crippen LogP contribution in [0.2, 0.25) is 5.02 Å². The highest BCUT2D eigenvalue weighted by Crippen LogP contribution is 2.15. The molecule has 0 atom stereocenters. The Labute approximate surface area is 148 Å². The topological polar surface area (TPSA) is 69.9 Å². The molecule has 7 heteroatoms. The zero-order valence-electron chi connectivity index (χ0n) is 13.4. The van der Waals surface area contributed by atoms with Gasteiger partial charge in [-0.25, -0.2) is 9.78 Å². The molecule has 25 heavy (non-hydrogen) atoms. The second-order valence-corrected chi connectivity index (χ2v) is 5.79. The number of ether oxygens (including phenoxy) is 2. The lowest BCUT2D eigenvalue weighted by Gasteiger charge is -2.08. The summed E-state index contributed by atoms with van der Waals surface area (Å²) in [5.74, 6) is -0.0416. The molecule has 0 bridgehead atoms. The van der Waals surface area contributed by atoms with Gasteiger partial charge in [-0.2, -0.15) is 0 Å². The van der Waals surface area contributed by atoms with Crippen molar-refractivity contribution < 1.29 is 14.3 Å². The minimum Gasteiger partial charge on any atom is -0.482 e. The number of halogens is 1. The third kappa shape index (κ3) is 4.16. The fourth-order valence-electron chi connectivity index (χ4n) is 2.31. The predicted molar refractivity (Wildman–Crippen MR) is 92.9 cm³/mol. The molecule has 0 amide bonds. The van der Waals surface area contributed by atoms with Crippen LogP contribution in [0.15, 0.2) is 53.3 Å². The molecule has 3 rings (SSSR count). The van der Waals surface area contributed by atoms with E-state index >= 15 is 0 Å². The molecule has 0 radical (unpaired) electrons. The molecule has 2 heterocycles. The molecule has 2 aromatic heterocycles. The van der Waals surface area contributed by atoms with Crippen molar-refractivity contribution in [1.29, 1.82) is 0 Å². The third-order valence-electron chi connectivity index (χ3n) is 3.48. The summed E-state index contributed by atoms with van der Waals surface area (Å²) in [5.41, 5.74) is 1.47. The summed E-state index contributed by atoms with van der Waals surface area (Å²) in [4.78, 5) is 28.3. The normalized spacial score (nSPS) is 10.6. The van der Waals surface area contributed by atoms with Crippen LogP contribution in [0.1, 0.15) is 11.4 Å². The second kappa shape index (κ2) is 7.36. The van der Waals surface area contributed by atoms with E-state index in [1.807, 2.05) is 19.1 Å². The Morgan fingerprint density at radius 3 is 2.72 bits per heavy atom. The molecule has 0 N–H and O–H groups in total. The van der Waals surface area contributed by atoms with Crippen LogP contribution in [0.3, 0.4) is 0 Å². The molecular formula is C18H15ClN2O4. The SMILES string of the molecule is Cc1cccc2nc(COC(=O)COc3ccc(Cl)cc3)cc(=O)n12. The van der Waals surface area contributed by atoms with Gasteiger partial charge in [0.25, 0.3) is 5.56 Å². The van der Waals surface area contributed by atoms with Crippen molar-refractivity contribution in [2.45, 2.75) is 13.5 Å². The van der Waals surface area contributed by atoms with Crippen molar-refractivity contribution in [3.63, 3.8) is 0 Å². The maximum Gasteiger partial charge on any atom is 0.344 e. The van der Waals surface area contributed by atoms with Crippen LogP contribution in [0.5, 0.6) is 5.75 Å². The standard InChI is InChI=1S/C18H15ClN2O4/c1-12-3-2-4-16-20-14(9-17(22)21(12)16)10-25-18(23)11-24-15-7-5-13(19)6-8-15/h2-9H,10-11H2,1H3. The minimum absolute atomic E-state index is 0.0947. The number of carbonyl (C=O) groups excluding carboxylic acids is 1. The third-order valence-corrected chi connectivity index (χ3v) is 3.74. The van der Waals surface area contributed by atoms with Gasteiger partial charge in [-0.3, -0.25) is 9.20 Å². The van der Waals surface area contributed by atoms with E-state index in [2.05, 4.69) is 4.98 Å². The molecule has 1 aromatic carbocycles. The number of nitrogens with zero attached hydrogens (tertiary/aromatic N) is 2. The summed E-state index contributed by atoms with van der Waals surface area (Å²) in [6.45, 7) is 1.49. The van der Waals surface area contributed by atoms with Crippen molar-refractivity contribution in [2.75, 3.05) is 6.61 Å². The lowest BCUT2D eigenvalue weighted by Crippen LogP contribution is -2.19. The van der Waals surface area contributed by atoms with Gasteiger partial charge >= 0.3 is 5.97 Å². The first-order valence-electron chi connectivity index (χ1n) is 7.55. The molecule has 0 unspecified atom stereocenters. The maximum absolute atomic E-state index is 12.2. The molecule has 0 aliphatic rings. The van der Waals surface area contributed by atoms with Gasteiger partial charge in [-0.1, -0.05) is 17.7 Å². The number of aromatic nitrogens is 2. The van der Waals surface area contributed by atoms with Crippen LogP contribution in [0.25, 0.3) is 5.65 Å². The largest absolute Gasteiger partial charge is 0.482 e. The van der Waals surface area contributed by atoms with Crippen LogP contribution in [0, 0.1) is 6.92 Å². The molecule has 0 saturated heterocycles. The number of fused-ring (bicyclic) bond motifs is 1. The Hall–Kier alpha value is -2.86. The average Bonchev–Trinajstić information content (AvgIpc) is 2.59. The first-order valence-corrected chi connectivity index (χ1v) is 7.93. The summed E-state index contributed by atoms with van der Waals surface area (Å²) < 4.78 is 11.9. The summed E-state index contributed by atoms with van der Waals surface area (Å²) in [7, 11) is 0. The van der Waals surface area contributed by atoms with Crippen LogP contribution in [0.4, 0.5) is 0 Å². The van der Waals surface area contributed by atoms with Crippen LogP contribution >= 0.6 is 11.6 Å². The Bertz CT molecular complexity index is 967. The van der Waals surface area contributed by atoms with Gasteiger partial charge in [0.15, 0.2) is 6.61 Å². The summed E-state index contributed by atoms with van der Waals surface area (Å²) >= 11 is 5.77. The molecule has 0 aliphatic carbocycles. The molecule has 0 spiro atoms. The van der Waals surface area contributed by atoms with Crippen molar-refractivity contribution in [3.05, 3.63) is 75.3 Å². The quantitative estimate of drug-likeness (QED) is 0.656. The van der Waals surface area contributed by atoms with Crippen molar-refractivity contribution >= 4 is 23.2 Å². The molecule has 0 aliphatic heterocycles. The predicted octanol–water partition coefficient (Wildman–Crippen LogP) is 2.78. The van der Waals surface area contributed by atoms with E-state index in [1.54, 1.807) is 30.3 Å². The van der Waals surface area contributed by atoms with E-state index in [-0.39, 0.29) is 18.8 Å². The van der Waals surface area contributed by atoms with E-state index in [0.29, 0.717) is 22.1 Å². The zero-order valence-corrected chi connectivity index (χ0v) is 14.2. The summed E-state index contributed by atoms with van der Waals surface area (Å²) in [6.07, 6.45) is 0. The summed E-state index contributed by atoms with van der Waals surface area (Å²) in [6, 6.07) is 13.4. The van der Waals surface area contributed by atoms with Crippen LogP contribution in [-0.4, -0.2) is 22.0 Å². The van der Waals surface area contributed by atoms with Gasteiger partial charge < -0.3 is 9.47 Å². The molecular weight excluding hydrogens is 344 g/mol. The van der Waals surface area contributed by atoms with E-state index in [1.165, 1.54) is 10.5 Å². The van der Waals surface area contributed by atoms with Gasteiger partial charge in [-0.05, 0) is 43.3 Å². The minimum atomic E-state index is -0.554. The monoisotopic (exact) mass is 358 g/mol. The number of rotatable bonds is 5. The van der Waals surface area contributed by atoms with Gasteiger partial charge in [0.1, 0.15) is 18.0 Å². The highest BCUT2D eigenvalue weighted by atomic mass is 35.5. The van der Waals surface area contributed by atoms with E-state index in [0.717, 1.165) is 5.69 Å². The highest BCUT2D eigenvalue weighted by Gasteiger charge is 2.08. The van der Waals surface area contributed by atoms with Crippen molar-refractivity contribution in [2.24, 2.45) is 0 Å². The number of carbonyl (C=O) groups is 1. The lowest BCUT2D eigenvalue weighted by atomic mass is 10.3. The van der Waals surface area contributed by atoms with Gasteiger partial charge in [-0.15, -0.1) is 0 Å². The second-order valence-electron chi connectivity index (χ2n) is 5.35. The lowest BCUT2D eigenvalue weighted by molar-refractivity contribution is -0.147. The number of pyridine rings is 1. The Morgan fingerprint density at radius 2 is 1.96 bits per heavy atom. The van der Waals surface area contributed by atoms with Gasteiger partial charge in [0.05, 0.1) is 5.69 Å². The number of hydrogen-bond acceptors (Lipinski definition) is 5. The van der Waals surface area contributed by atoms with Gasteiger partial charge in [0, 0.05) is 16.8 Å². The zero-order chi connectivity index (χ0) is 17.8. The Balaban J connectivity index is 1.61. The fraction of sp³-hybridized carbons (Fsp3) is 0.167. The molecule has 0 fully saturated rings. The van der Waals surface area contributed by atoms with Crippen LogP contribution in [-0.2, 0) is 16.1 Å². The van der Waals surface area contributed by atoms with Gasteiger partial charge in [0.2, 0.25) is 0 Å². The van der Waals surface area contributed by atoms with Crippen molar-refractivity contribution in [1.82, 2.24) is 9.38 Å². The number of aryl methyl sites for hydroxylation is 1. The summed E-state index contributed by atoms with van der Waals surface area (Å²) in [5, 5.41) is 0.582. The first-order chi connectivity index (χ1) is 12.0. The maximum atomic E-state index is 12.2. The van der Waals surface area contributed by atoms with E-state index in [9.17, 15) is 9.59 Å². The molecule has 0 saturated carbocycles. The average molecular weight is 359 g/mol. The van der Waals surface area contributed by atoms with E-state index < -0.39 is 5.97 Å². The smallest absolute Gasteiger partial charge is 0.344 e. The molecule has 6 nitrogen and oxygen atoms in total. The Morgan fingerprint density at radius 1 is 1.20 bits per heavy atom. The van der Waals surface area contributed by atoms with Crippen LogP contribution < -0.4 is 10.3 Å². The number of benzene rings is 1. The molecule has 128 valence electrons. The Kier molecular flexibility index (Phi) is 5.00. The molecule has 3 aromatic rings. The first kappa shape index (κ1) is 17.0. The fourth-order valence-corrected chi connectivity index (χ4v) is 2.43. The highest BCUT2D eigenvalue weighted by molar-refractivity contribution is 6.30. The van der Waals surface area contributed by atoms with E-state index in [4.69, 9.17) is 21.1 Å². The number of esters is 1.